The van der Waals surface area contributed by atoms with Crippen LogP contribution in [0.4, 0.5) is 17.6 Å². The van der Waals surface area contributed by atoms with Crippen LogP contribution < -0.4 is 10.3 Å². The fourth-order valence-corrected chi connectivity index (χ4v) is 2.86. The fourth-order valence-electron chi connectivity index (χ4n) is 2.16. The minimum atomic E-state index is -4.52. The molecule has 0 saturated carbocycles. The maximum absolute atomic E-state index is 12.8. The molecular formula is C17H12F4N2O2S. The average Bonchev–Trinajstić information content (AvgIpc) is 3.03. The molecule has 0 N–H and O–H groups in total. The summed E-state index contributed by atoms with van der Waals surface area (Å²) in [6, 6.07) is 7.12. The predicted molar refractivity (Wildman–Crippen MR) is 87.7 cm³/mol. The van der Waals surface area contributed by atoms with Crippen molar-refractivity contribution in [1.82, 2.24) is 9.55 Å². The van der Waals surface area contributed by atoms with Gasteiger partial charge in [-0.1, -0.05) is 0 Å². The van der Waals surface area contributed by atoms with E-state index in [9.17, 15) is 22.4 Å². The third-order valence-electron chi connectivity index (χ3n) is 3.42. The minimum absolute atomic E-state index is 0.0736. The van der Waals surface area contributed by atoms with Gasteiger partial charge in [-0.05, 0) is 30.3 Å². The van der Waals surface area contributed by atoms with E-state index >= 15 is 0 Å². The van der Waals surface area contributed by atoms with Crippen LogP contribution in [0.5, 0.6) is 5.75 Å². The van der Waals surface area contributed by atoms with Crippen molar-refractivity contribution < 1.29 is 22.3 Å². The van der Waals surface area contributed by atoms with Crippen LogP contribution in [0.1, 0.15) is 16.3 Å². The maximum Gasteiger partial charge on any atom is 0.417 e. The molecule has 4 nitrogen and oxygen atoms in total. The van der Waals surface area contributed by atoms with E-state index in [4.69, 9.17) is 4.74 Å². The lowest BCUT2D eigenvalue weighted by Crippen LogP contribution is -2.22. The molecule has 0 bridgehead atoms. The van der Waals surface area contributed by atoms with Gasteiger partial charge in [-0.3, -0.25) is 4.79 Å². The van der Waals surface area contributed by atoms with E-state index in [1.54, 1.807) is 5.38 Å². The Morgan fingerprint density at radius 3 is 2.54 bits per heavy atom. The molecule has 0 aliphatic heterocycles. The van der Waals surface area contributed by atoms with Crippen molar-refractivity contribution in [1.29, 1.82) is 0 Å². The lowest BCUT2D eigenvalue weighted by atomic mass is 10.2. The van der Waals surface area contributed by atoms with Crippen molar-refractivity contribution in [3.63, 3.8) is 0 Å². The van der Waals surface area contributed by atoms with E-state index in [-0.39, 0.29) is 19.0 Å². The monoisotopic (exact) mass is 384 g/mol. The molecule has 0 unspecified atom stereocenters. The summed E-state index contributed by atoms with van der Waals surface area (Å²) in [7, 11) is 0. The highest BCUT2D eigenvalue weighted by Gasteiger charge is 2.31. The molecule has 0 fully saturated rings. The summed E-state index contributed by atoms with van der Waals surface area (Å²) in [6.07, 6.45) is -3.75. The van der Waals surface area contributed by atoms with Gasteiger partial charge < -0.3 is 9.30 Å². The van der Waals surface area contributed by atoms with E-state index in [0.29, 0.717) is 16.5 Å². The number of hydrogen-bond donors (Lipinski definition) is 0. The second kappa shape index (κ2) is 7.28. The lowest BCUT2D eigenvalue weighted by molar-refractivity contribution is -0.138. The van der Waals surface area contributed by atoms with Gasteiger partial charge in [0.2, 0.25) is 0 Å². The van der Waals surface area contributed by atoms with Crippen LogP contribution in [0.25, 0.3) is 0 Å². The Balaban J connectivity index is 1.68. The molecule has 0 radical (unpaired) electrons. The van der Waals surface area contributed by atoms with Crippen molar-refractivity contribution in [3.8, 4) is 5.75 Å². The Bertz CT molecular complexity index is 948. The number of rotatable bonds is 5. The molecule has 0 saturated heterocycles. The topological polar surface area (TPSA) is 44.1 Å². The van der Waals surface area contributed by atoms with Gasteiger partial charge in [-0.2, -0.15) is 13.2 Å². The highest BCUT2D eigenvalue weighted by molar-refractivity contribution is 7.09. The van der Waals surface area contributed by atoms with Gasteiger partial charge in [0.15, 0.2) is 0 Å². The summed E-state index contributed by atoms with van der Waals surface area (Å²) in [6.45, 7) is 0.0591. The molecule has 9 heteroatoms. The number of alkyl halides is 3. The van der Waals surface area contributed by atoms with Crippen molar-refractivity contribution >= 4 is 11.3 Å². The Hall–Kier alpha value is -2.68. The van der Waals surface area contributed by atoms with E-state index in [0.717, 1.165) is 22.9 Å². The zero-order valence-electron chi connectivity index (χ0n) is 13.2. The number of nitrogens with zero attached hydrogens (tertiary/aromatic N) is 2. The first-order chi connectivity index (χ1) is 12.3. The van der Waals surface area contributed by atoms with Gasteiger partial charge >= 0.3 is 6.18 Å². The quantitative estimate of drug-likeness (QED) is 0.623. The number of thiazole rings is 1. The van der Waals surface area contributed by atoms with Gasteiger partial charge in [-0.15, -0.1) is 11.3 Å². The first kappa shape index (κ1) is 18.1. The Morgan fingerprint density at radius 1 is 1.12 bits per heavy atom. The highest BCUT2D eigenvalue weighted by atomic mass is 32.1. The molecule has 0 amide bonds. The molecule has 0 aliphatic rings. The summed E-state index contributed by atoms with van der Waals surface area (Å²) in [5.41, 5.74) is -0.989. The van der Waals surface area contributed by atoms with Gasteiger partial charge in [0.1, 0.15) is 23.2 Å². The summed E-state index contributed by atoms with van der Waals surface area (Å²) in [5, 5.41) is 2.24. The van der Waals surface area contributed by atoms with Crippen LogP contribution in [0.3, 0.4) is 0 Å². The molecule has 2 heterocycles. The first-order valence-electron chi connectivity index (χ1n) is 7.40. The van der Waals surface area contributed by atoms with E-state index in [1.807, 2.05) is 0 Å². The number of aromatic nitrogens is 2. The van der Waals surface area contributed by atoms with Crippen LogP contribution in [0.2, 0.25) is 0 Å². The van der Waals surface area contributed by atoms with Crippen LogP contribution >= 0.6 is 11.3 Å². The summed E-state index contributed by atoms with van der Waals surface area (Å²) in [5.74, 6) is 0.0951. The summed E-state index contributed by atoms with van der Waals surface area (Å²) < 4.78 is 57.5. The fraction of sp³-hybridized carbons (Fsp3) is 0.176. The molecule has 1 aromatic carbocycles. The minimum Gasteiger partial charge on any atom is -0.486 e. The molecule has 3 aromatic rings. The summed E-state index contributed by atoms with van der Waals surface area (Å²) >= 11 is 1.26. The van der Waals surface area contributed by atoms with Crippen molar-refractivity contribution in [3.05, 3.63) is 80.4 Å². The predicted octanol–water partition coefficient (Wildman–Crippen LogP) is 4.09. The number of halogens is 4. The zero-order chi connectivity index (χ0) is 18.7. The Labute approximate surface area is 149 Å². The number of benzene rings is 1. The largest absolute Gasteiger partial charge is 0.486 e. The Morgan fingerprint density at radius 2 is 1.85 bits per heavy atom. The van der Waals surface area contributed by atoms with E-state index in [2.05, 4.69) is 4.98 Å². The van der Waals surface area contributed by atoms with Gasteiger partial charge in [0.25, 0.3) is 5.56 Å². The normalized spacial score (nSPS) is 11.5. The molecule has 0 atom stereocenters. The average molecular weight is 384 g/mol. The molecule has 3 rings (SSSR count). The zero-order valence-corrected chi connectivity index (χ0v) is 14.0. The molecule has 2 aromatic heterocycles. The SMILES string of the molecule is O=c1ccc(C(F)(F)F)cn1Cc1csc(COc2ccc(F)cc2)n1. The standard InChI is InChI=1S/C17H12F4N2O2S/c18-12-2-4-14(5-3-12)25-9-15-22-13(10-26-15)8-23-7-11(17(19,20)21)1-6-16(23)24/h1-7,10H,8-9H2. The third-order valence-corrected chi connectivity index (χ3v) is 4.29. The highest BCUT2D eigenvalue weighted by Crippen LogP contribution is 2.28. The van der Waals surface area contributed by atoms with Crippen molar-refractivity contribution in [2.75, 3.05) is 0 Å². The second-order valence-electron chi connectivity index (χ2n) is 5.36. The van der Waals surface area contributed by atoms with Crippen LogP contribution in [0, 0.1) is 5.82 Å². The van der Waals surface area contributed by atoms with Gasteiger partial charge in [0, 0.05) is 17.6 Å². The maximum atomic E-state index is 12.8. The van der Waals surface area contributed by atoms with E-state index in [1.165, 1.54) is 35.6 Å². The number of pyridine rings is 1. The molecular weight excluding hydrogens is 372 g/mol. The van der Waals surface area contributed by atoms with Crippen molar-refractivity contribution in [2.45, 2.75) is 19.3 Å². The van der Waals surface area contributed by atoms with Crippen LogP contribution in [0.15, 0.2) is 52.8 Å². The molecule has 26 heavy (non-hydrogen) atoms. The first-order valence-corrected chi connectivity index (χ1v) is 8.28. The number of hydrogen-bond acceptors (Lipinski definition) is 4. The Kier molecular flexibility index (Phi) is 5.08. The van der Waals surface area contributed by atoms with Crippen LogP contribution in [-0.4, -0.2) is 9.55 Å². The third kappa shape index (κ3) is 4.48. The van der Waals surface area contributed by atoms with Gasteiger partial charge in [-0.25, -0.2) is 9.37 Å². The van der Waals surface area contributed by atoms with Crippen molar-refractivity contribution in [2.24, 2.45) is 0 Å². The second-order valence-corrected chi connectivity index (χ2v) is 6.30. The molecule has 0 aliphatic carbocycles. The smallest absolute Gasteiger partial charge is 0.417 e. The molecule has 0 spiro atoms. The number of ether oxygens (including phenoxy) is 1. The summed E-state index contributed by atoms with van der Waals surface area (Å²) in [4.78, 5) is 16.0. The van der Waals surface area contributed by atoms with Gasteiger partial charge in [0.05, 0.1) is 17.8 Å². The van der Waals surface area contributed by atoms with E-state index < -0.39 is 17.3 Å². The van der Waals surface area contributed by atoms with Crippen LogP contribution in [-0.2, 0) is 19.3 Å². The molecule has 136 valence electrons. The lowest BCUT2D eigenvalue weighted by Gasteiger charge is -2.09.